The third-order valence-electron chi connectivity index (χ3n) is 7.71. The van der Waals surface area contributed by atoms with Gasteiger partial charge in [0, 0.05) is 13.1 Å². The molecule has 0 radical (unpaired) electrons. The maximum absolute atomic E-state index is 11.8. The fourth-order valence-corrected chi connectivity index (χ4v) is 5.38. The predicted octanol–water partition coefficient (Wildman–Crippen LogP) is 4.94. The van der Waals surface area contributed by atoms with Crippen molar-refractivity contribution in [2.75, 3.05) is 24.6 Å². The second-order valence-electron chi connectivity index (χ2n) is 11.1. The van der Waals surface area contributed by atoms with Crippen molar-refractivity contribution in [1.29, 1.82) is 0 Å². The second kappa shape index (κ2) is 9.14. The molecule has 184 valence electrons. The fourth-order valence-electron chi connectivity index (χ4n) is 5.38. The molecule has 34 heavy (non-hydrogen) atoms. The van der Waals surface area contributed by atoms with E-state index in [1.165, 1.54) is 17.2 Å². The van der Waals surface area contributed by atoms with Gasteiger partial charge in [-0.1, -0.05) is 45.9 Å². The fraction of sp³-hybridized carbons (Fsp3) is 0.536. The summed E-state index contributed by atoms with van der Waals surface area (Å²) in [4.78, 5) is 13.8. The Bertz CT molecular complexity index is 1070. The number of amides is 1. The molecular formula is C28H38N2O4. The Balaban J connectivity index is 1.59. The first-order chi connectivity index (χ1) is 16.0. The van der Waals surface area contributed by atoms with E-state index in [-0.39, 0.29) is 28.7 Å². The van der Waals surface area contributed by atoms with Crippen molar-refractivity contribution in [3.63, 3.8) is 0 Å². The maximum atomic E-state index is 11.8. The Morgan fingerprint density at radius 3 is 2.32 bits per heavy atom. The third-order valence-corrected chi connectivity index (χ3v) is 7.71. The second-order valence-corrected chi connectivity index (χ2v) is 11.1. The van der Waals surface area contributed by atoms with E-state index in [9.17, 15) is 15.0 Å². The van der Waals surface area contributed by atoms with Gasteiger partial charge in [-0.3, -0.25) is 4.79 Å². The first kappa shape index (κ1) is 24.4. The molecule has 0 bridgehead atoms. The predicted molar refractivity (Wildman–Crippen MR) is 135 cm³/mol. The number of aliphatic hydroxyl groups excluding tert-OH is 1. The van der Waals surface area contributed by atoms with Gasteiger partial charge in [0.05, 0.1) is 5.56 Å². The highest BCUT2D eigenvalue weighted by Crippen LogP contribution is 2.46. The molecule has 2 aromatic carbocycles. The summed E-state index contributed by atoms with van der Waals surface area (Å²) in [5.41, 5.74) is 9.65. The van der Waals surface area contributed by atoms with Gasteiger partial charge in [0.1, 0.15) is 24.1 Å². The van der Waals surface area contributed by atoms with Crippen LogP contribution in [0.2, 0.25) is 0 Å². The number of benzene rings is 2. The summed E-state index contributed by atoms with van der Waals surface area (Å²) >= 11 is 0. The molecule has 1 aliphatic carbocycles. The van der Waals surface area contributed by atoms with Crippen molar-refractivity contribution in [2.24, 2.45) is 5.73 Å². The number of rotatable bonds is 6. The number of piperidine rings is 1. The van der Waals surface area contributed by atoms with Crippen LogP contribution in [-0.4, -0.2) is 35.8 Å². The van der Waals surface area contributed by atoms with Crippen LogP contribution in [0.4, 0.5) is 5.69 Å². The van der Waals surface area contributed by atoms with Gasteiger partial charge in [-0.05, 0) is 71.8 Å². The SMILES string of the molecule is CC1(C)CCC(C)(C)c2cc(C(O)COc3ccc(C(N)=O)c(O)c3N3CCCCC3)ccc21. The zero-order valence-corrected chi connectivity index (χ0v) is 20.9. The highest BCUT2D eigenvalue weighted by Gasteiger charge is 2.37. The Hall–Kier alpha value is -2.73. The van der Waals surface area contributed by atoms with E-state index >= 15 is 0 Å². The molecule has 1 atom stereocenters. The number of nitrogens with zero attached hydrogens (tertiary/aromatic N) is 1. The van der Waals surface area contributed by atoms with E-state index in [1.54, 1.807) is 6.07 Å². The first-order valence-corrected chi connectivity index (χ1v) is 12.4. The average molecular weight is 467 g/mol. The maximum Gasteiger partial charge on any atom is 0.252 e. The largest absolute Gasteiger partial charge is 0.505 e. The average Bonchev–Trinajstić information content (AvgIpc) is 2.80. The number of carbonyl (C=O) groups is 1. The van der Waals surface area contributed by atoms with Gasteiger partial charge in [0.25, 0.3) is 5.91 Å². The van der Waals surface area contributed by atoms with Gasteiger partial charge in [-0.15, -0.1) is 0 Å². The van der Waals surface area contributed by atoms with Crippen LogP contribution in [0.25, 0.3) is 0 Å². The molecule has 1 aliphatic heterocycles. The van der Waals surface area contributed by atoms with Crippen LogP contribution in [0.5, 0.6) is 11.5 Å². The molecule has 0 aromatic heterocycles. The summed E-state index contributed by atoms with van der Waals surface area (Å²) in [6, 6.07) is 9.42. The van der Waals surface area contributed by atoms with Crippen LogP contribution in [0.15, 0.2) is 30.3 Å². The number of fused-ring (bicyclic) bond motifs is 1. The van der Waals surface area contributed by atoms with E-state index in [2.05, 4.69) is 39.8 Å². The topological polar surface area (TPSA) is 96.0 Å². The van der Waals surface area contributed by atoms with Gasteiger partial charge < -0.3 is 25.6 Å². The Kier molecular flexibility index (Phi) is 6.56. The van der Waals surface area contributed by atoms with Crippen LogP contribution < -0.4 is 15.4 Å². The lowest BCUT2D eigenvalue weighted by Gasteiger charge is -2.42. The number of carbonyl (C=O) groups excluding carboxylic acids is 1. The van der Waals surface area contributed by atoms with E-state index in [1.807, 2.05) is 11.0 Å². The minimum atomic E-state index is -0.821. The Labute approximate surface area is 202 Å². The zero-order chi connectivity index (χ0) is 24.7. The van der Waals surface area contributed by atoms with E-state index < -0.39 is 12.0 Å². The normalized spacial score (nSPS) is 19.9. The molecule has 0 saturated carbocycles. The van der Waals surface area contributed by atoms with E-state index in [0.29, 0.717) is 11.4 Å². The molecule has 1 amide bonds. The van der Waals surface area contributed by atoms with Crippen molar-refractivity contribution >= 4 is 11.6 Å². The van der Waals surface area contributed by atoms with Crippen LogP contribution >= 0.6 is 0 Å². The molecule has 1 fully saturated rings. The minimum absolute atomic E-state index is 0.0405. The monoisotopic (exact) mass is 466 g/mol. The standard InChI is InChI=1S/C28H38N2O4/c1-27(2)12-13-28(3,4)21-16-18(8-10-20(21)27)22(31)17-34-23-11-9-19(26(29)33)25(32)24(23)30-14-6-5-7-15-30/h8-11,16,22,31-32H,5-7,12-15,17H2,1-4H3,(H2,29,33). The molecule has 1 saturated heterocycles. The molecule has 0 spiro atoms. The molecule has 1 unspecified atom stereocenters. The highest BCUT2D eigenvalue weighted by atomic mass is 16.5. The van der Waals surface area contributed by atoms with Gasteiger partial charge >= 0.3 is 0 Å². The quantitative estimate of drug-likeness (QED) is 0.560. The van der Waals surface area contributed by atoms with Crippen LogP contribution in [0, 0.1) is 0 Å². The van der Waals surface area contributed by atoms with Gasteiger partial charge in [0.2, 0.25) is 0 Å². The molecule has 2 aromatic rings. The van der Waals surface area contributed by atoms with Crippen molar-refractivity contribution in [1.82, 2.24) is 0 Å². The molecule has 6 nitrogen and oxygen atoms in total. The first-order valence-electron chi connectivity index (χ1n) is 12.4. The number of anilines is 1. The molecule has 4 rings (SSSR count). The number of hydrogen-bond donors (Lipinski definition) is 3. The summed E-state index contributed by atoms with van der Waals surface area (Å²) in [5.74, 6) is -0.385. The molecular weight excluding hydrogens is 428 g/mol. The number of phenols is 1. The van der Waals surface area contributed by atoms with Gasteiger partial charge in [-0.25, -0.2) is 0 Å². The van der Waals surface area contributed by atoms with Gasteiger partial charge in [0.15, 0.2) is 5.75 Å². The summed E-state index contributed by atoms with van der Waals surface area (Å²) in [6.07, 6.45) is 4.56. The smallest absolute Gasteiger partial charge is 0.252 e. The van der Waals surface area contributed by atoms with Crippen LogP contribution in [-0.2, 0) is 10.8 Å². The number of primary amides is 1. The van der Waals surface area contributed by atoms with Crippen molar-refractivity contribution < 1.29 is 19.7 Å². The van der Waals surface area contributed by atoms with Crippen molar-refractivity contribution in [3.05, 3.63) is 52.6 Å². The summed E-state index contributed by atoms with van der Waals surface area (Å²) in [6.45, 7) is 10.7. The summed E-state index contributed by atoms with van der Waals surface area (Å²) in [7, 11) is 0. The highest BCUT2D eigenvalue weighted by molar-refractivity contribution is 5.98. The number of aliphatic hydroxyl groups is 1. The number of nitrogens with two attached hydrogens (primary N) is 1. The van der Waals surface area contributed by atoms with E-state index in [0.717, 1.165) is 50.8 Å². The van der Waals surface area contributed by atoms with Gasteiger partial charge in [-0.2, -0.15) is 0 Å². The third kappa shape index (κ3) is 4.61. The molecule has 1 heterocycles. The lowest BCUT2D eigenvalue weighted by atomic mass is 9.63. The summed E-state index contributed by atoms with van der Waals surface area (Å²) < 4.78 is 6.06. The lowest BCUT2D eigenvalue weighted by molar-refractivity contribution is 0.0996. The van der Waals surface area contributed by atoms with E-state index in [4.69, 9.17) is 10.5 Å². The molecule has 4 N–H and O–H groups in total. The zero-order valence-electron chi connectivity index (χ0n) is 20.9. The van der Waals surface area contributed by atoms with Crippen molar-refractivity contribution in [3.8, 4) is 11.5 Å². The Morgan fingerprint density at radius 2 is 1.68 bits per heavy atom. The lowest BCUT2D eigenvalue weighted by Crippen LogP contribution is -2.34. The van der Waals surface area contributed by atoms with Crippen molar-refractivity contribution in [2.45, 2.75) is 76.7 Å². The number of aromatic hydroxyl groups is 1. The Morgan fingerprint density at radius 1 is 1.03 bits per heavy atom. The number of ether oxygens (including phenoxy) is 1. The van der Waals surface area contributed by atoms with Crippen LogP contribution in [0.1, 0.15) is 93.0 Å². The summed E-state index contributed by atoms with van der Waals surface area (Å²) in [5, 5.41) is 21.9. The van der Waals surface area contributed by atoms with Crippen LogP contribution in [0.3, 0.4) is 0 Å². The number of hydrogen-bond acceptors (Lipinski definition) is 5. The molecule has 6 heteroatoms. The minimum Gasteiger partial charge on any atom is -0.505 e. The molecule has 2 aliphatic rings.